The van der Waals surface area contributed by atoms with Crippen LogP contribution in [0.15, 0.2) is 24.3 Å². The largest absolute Gasteiger partial charge is 0.478 e. The van der Waals surface area contributed by atoms with Gasteiger partial charge in [-0.25, -0.2) is 9.18 Å². The first-order chi connectivity index (χ1) is 9.99. The molecule has 0 saturated heterocycles. The molecule has 6 heteroatoms. The Balaban J connectivity index is 3.01. The van der Waals surface area contributed by atoms with Gasteiger partial charge in [0.2, 0.25) is 0 Å². The normalized spacial score (nSPS) is 10.8. The number of aliphatic hydroxyl groups excluding tert-OH is 1. The molecule has 0 aliphatic rings. The first kappa shape index (κ1) is 16.8. The highest BCUT2D eigenvalue weighted by molar-refractivity contribution is 5.95. The smallest absolute Gasteiger partial charge is 0.328 e. The van der Waals surface area contributed by atoms with E-state index in [-0.39, 0.29) is 12.2 Å². The van der Waals surface area contributed by atoms with Crippen LogP contribution in [0.25, 0.3) is 6.08 Å². The minimum absolute atomic E-state index is 0.0480. The summed E-state index contributed by atoms with van der Waals surface area (Å²) in [7, 11) is 0. The molecule has 0 bridgehead atoms. The summed E-state index contributed by atoms with van der Waals surface area (Å²) in [6, 6.07) is 3.85. The van der Waals surface area contributed by atoms with Crippen molar-refractivity contribution in [3.8, 4) is 0 Å². The number of aliphatic carboxylic acids is 1. The third-order valence-electron chi connectivity index (χ3n) is 2.89. The number of carboxylic acids is 1. The second-order valence-electron chi connectivity index (χ2n) is 4.37. The molecule has 0 spiro atoms. The van der Waals surface area contributed by atoms with Crippen molar-refractivity contribution in [3.63, 3.8) is 0 Å². The first-order valence-electron chi connectivity index (χ1n) is 6.60. The van der Waals surface area contributed by atoms with Gasteiger partial charge in [0.25, 0.3) is 5.91 Å². The Kier molecular flexibility index (Phi) is 6.55. The second kappa shape index (κ2) is 8.16. The summed E-state index contributed by atoms with van der Waals surface area (Å²) in [6.45, 7) is 2.45. The molecule has 5 nitrogen and oxygen atoms in total. The van der Waals surface area contributed by atoms with E-state index in [1.54, 1.807) is 6.92 Å². The number of carboxylic acid groups (broad SMARTS) is 1. The van der Waals surface area contributed by atoms with E-state index in [4.69, 9.17) is 10.2 Å². The van der Waals surface area contributed by atoms with E-state index in [9.17, 15) is 14.0 Å². The fraction of sp³-hybridized carbons (Fsp3) is 0.333. The number of hydrogen-bond acceptors (Lipinski definition) is 3. The van der Waals surface area contributed by atoms with E-state index >= 15 is 0 Å². The van der Waals surface area contributed by atoms with Gasteiger partial charge in [-0.1, -0.05) is 6.07 Å². The van der Waals surface area contributed by atoms with Crippen LogP contribution >= 0.6 is 0 Å². The van der Waals surface area contributed by atoms with Gasteiger partial charge in [0.1, 0.15) is 5.82 Å². The summed E-state index contributed by atoms with van der Waals surface area (Å²) < 4.78 is 13.8. The monoisotopic (exact) mass is 295 g/mol. The van der Waals surface area contributed by atoms with Crippen molar-refractivity contribution in [3.05, 3.63) is 41.2 Å². The summed E-state index contributed by atoms with van der Waals surface area (Å²) in [6.07, 6.45) is 2.63. The lowest BCUT2D eigenvalue weighted by atomic mass is 10.1. The number of hydrogen-bond donors (Lipinski definition) is 2. The maximum absolute atomic E-state index is 13.8. The highest BCUT2D eigenvalue weighted by Crippen LogP contribution is 2.15. The fourth-order valence-corrected chi connectivity index (χ4v) is 1.81. The number of benzene rings is 1. The number of nitrogens with zero attached hydrogens (tertiary/aromatic N) is 1. The van der Waals surface area contributed by atoms with Gasteiger partial charge in [-0.3, -0.25) is 4.79 Å². The van der Waals surface area contributed by atoms with Crippen molar-refractivity contribution in [1.29, 1.82) is 0 Å². The van der Waals surface area contributed by atoms with Crippen molar-refractivity contribution in [1.82, 2.24) is 4.90 Å². The SMILES string of the molecule is CCN(CCCO)C(=O)c1cc(/C=C/C(=O)O)ccc1F. The molecular formula is C15H18FNO4. The van der Waals surface area contributed by atoms with E-state index in [0.29, 0.717) is 25.1 Å². The minimum atomic E-state index is -1.12. The van der Waals surface area contributed by atoms with Crippen molar-refractivity contribution in [2.24, 2.45) is 0 Å². The number of amides is 1. The lowest BCUT2D eigenvalue weighted by Crippen LogP contribution is -2.32. The first-order valence-corrected chi connectivity index (χ1v) is 6.60. The van der Waals surface area contributed by atoms with Crippen LogP contribution in [0.4, 0.5) is 4.39 Å². The molecule has 0 atom stereocenters. The predicted octanol–water partition coefficient (Wildman–Crippen LogP) is 1.77. The van der Waals surface area contributed by atoms with Gasteiger partial charge >= 0.3 is 5.97 Å². The number of carbonyl (C=O) groups is 2. The molecule has 1 rings (SSSR count). The highest BCUT2D eigenvalue weighted by Gasteiger charge is 2.18. The van der Waals surface area contributed by atoms with E-state index < -0.39 is 17.7 Å². The van der Waals surface area contributed by atoms with Gasteiger partial charge < -0.3 is 15.1 Å². The average molecular weight is 295 g/mol. The summed E-state index contributed by atoms with van der Waals surface area (Å²) in [5.41, 5.74) is 0.322. The third kappa shape index (κ3) is 5.00. The summed E-state index contributed by atoms with van der Waals surface area (Å²) in [5.74, 6) is -2.26. The van der Waals surface area contributed by atoms with Crippen molar-refractivity contribution in [2.45, 2.75) is 13.3 Å². The van der Waals surface area contributed by atoms with Crippen molar-refractivity contribution >= 4 is 18.0 Å². The summed E-state index contributed by atoms with van der Waals surface area (Å²) in [5, 5.41) is 17.4. The Morgan fingerprint density at radius 1 is 1.38 bits per heavy atom. The van der Waals surface area contributed by atoms with Gasteiger partial charge in [-0.05, 0) is 37.1 Å². The van der Waals surface area contributed by atoms with Crippen LogP contribution in [0.2, 0.25) is 0 Å². The molecule has 0 saturated carbocycles. The van der Waals surface area contributed by atoms with Crippen molar-refractivity contribution < 1.29 is 24.2 Å². The molecular weight excluding hydrogens is 277 g/mol. The van der Waals surface area contributed by atoms with Gasteiger partial charge in [0, 0.05) is 25.8 Å². The standard InChI is InChI=1S/C15H18FNO4/c1-2-17(8-3-9-18)15(21)12-10-11(4-6-13(12)16)5-7-14(19)20/h4-7,10,18H,2-3,8-9H2,1H3,(H,19,20)/b7-5+. The lowest BCUT2D eigenvalue weighted by molar-refractivity contribution is -0.131. The predicted molar refractivity (Wildman–Crippen MR) is 76.4 cm³/mol. The molecule has 0 aliphatic carbocycles. The fourth-order valence-electron chi connectivity index (χ4n) is 1.81. The maximum atomic E-state index is 13.8. The van der Waals surface area contributed by atoms with Gasteiger partial charge in [0.05, 0.1) is 5.56 Å². The molecule has 0 heterocycles. The van der Waals surface area contributed by atoms with Crippen molar-refractivity contribution in [2.75, 3.05) is 19.7 Å². The quantitative estimate of drug-likeness (QED) is 0.751. The van der Waals surface area contributed by atoms with Crippen LogP contribution in [-0.4, -0.2) is 46.7 Å². The molecule has 0 aliphatic heterocycles. The third-order valence-corrected chi connectivity index (χ3v) is 2.89. The summed E-state index contributed by atoms with van der Waals surface area (Å²) >= 11 is 0. The van der Waals surface area contributed by atoms with Gasteiger partial charge in [0.15, 0.2) is 0 Å². The zero-order valence-electron chi connectivity index (χ0n) is 11.8. The van der Waals surface area contributed by atoms with E-state index in [1.165, 1.54) is 23.1 Å². The number of halogens is 1. The van der Waals surface area contributed by atoms with Gasteiger partial charge in [-0.2, -0.15) is 0 Å². The van der Waals surface area contributed by atoms with E-state index in [1.807, 2.05) is 0 Å². The van der Waals surface area contributed by atoms with Crippen LogP contribution < -0.4 is 0 Å². The molecule has 0 aromatic heterocycles. The van der Waals surface area contributed by atoms with Crippen LogP contribution in [0.3, 0.4) is 0 Å². The Morgan fingerprint density at radius 2 is 2.10 bits per heavy atom. The Labute approximate surface area is 122 Å². The van der Waals surface area contributed by atoms with Crippen LogP contribution in [0, 0.1) is 5.82 Å². The van der Waals surface area contributed by atoms with Crippen LogP contribution in [0.1, 0.15) is 29.3 Å². The number of carbonyl (C=O) groups excluding carboxylic acids is 1. The Bertz CT molecular complexity index is 542. The second-order valence-corrected chi connectivity index (χ2v) is 4.37. The molecule has 2 N–H and O–H groups in total. The minimum Gasteiger partial charge on any atom is -0.478 e. The zero-order chi connectivity index (χ0) is 15.8. The van der Waals surface area contributed by atoms with Crippen LogP contribution in [-0.2, 0) is 4.79 Å². The van der Waals surface area contributed by atoms with E-state index in [0.717, 1.165) is 12.1 Å². The van der Waals surface area contributed by atoms with Gasteiger partial charge in [-0.15, -0.1) is 0 Å². The number of rotatable bonds is 7. The Hall–Kier alpha value is -2.21. The average Bonchev–Trinajstić information content (AvgIpc) is 2.46. The molecule has 1 aromatic carbocycles. The molecule has 0 unspecified atom stereocenters. The molecule has 21 heavy (non-hydrogen) atoms. The van der Waals surface area contributed by atoms with E-state index in [2.05, 4.69) is 0 Å². The number of aliphatic hydroxyl groups is 1. The molecule has 0 radical (unpaired) electrons. The molecule has 1 aromatic rings. The maximum Gasteiger partial charge on any atom is 0.328 e. The Morgan fingerprint density at radius 3 is 2.67 bits per heavy atom. The summed E-state index contributed by atoms with van der Waals surface area (Å²) in [4.78, 5) is 24.2. The van der Waals surface area contributed by atoms with Crippen LogP contribution in [0.5, 0.6) is 0 Å². The topological polar surface area (TPSA) is 77.8 Å². The zero-order valence-corrected chi connectivity index (χ0v) is 11.8. The molecule has 114 valence electrons. The lowest BCUT2D eigenvalue weighted by Gasteiger charge is -2.21. The molecule has 0 fully saturated rings. The highest BCUT2D eigenvalue weighted by atomic mass is 19.1. The molecule has 1 amide bonds.